The molecular weight excluding hydrogens is 489 g/mol. The maximum Gasteiger partial charge on any atom is 0.232 e. The summed E-state index contributed by atoms with van der Waals surface area (Å²) in [5.74, 6) is 1.06. The molecule has 1 aromatic carbocycles. The van der Waals surface area contributed by atoms with Crippen molar-refractivity contribution in [1.82, 2.24) is 25.1 Å². The average Bonchev–Trinajstić information content (AvgIpc) is 3.41. The number of rotatable bonds is 7. The second-order valence-corrected chi connectivity index (χ2v) is 11.9. The molecule has 2 N–H and O–H groups in total. The largest absolute Gasteiger partial charge is 0.323 e. The molecule has 0 atom stereocenters. The maximum absolute atomic E-state index is 15.0. The van der Waals surface area contributed by atoms with E-state index in [4.69, 9.17) is 9.97 Å². The SMILES string of the molecule is Cc1cc(Nc2nc(N(C)c3ccc(S(C)(=O)=O)cc3F)nc(-c3ncc(C)s3)c2C2CC2)n[nH]1. The Bertz CT molecular complexity index is 1530. The number of anilines is 4. The van der Waals surface area contributed by atoms with Crippen LogP contribution in [-0.2, 0) is 9.84 Å². The lowest BCUT2D eigenvalue weighted by atomic mass is 10.1. The molecule has 0 aliphatic heterocycles. The van der Waals surface area contributed by atoms with Crippen molar-refractivity contribution in [3.8, 4) is 10.7 Å². The summed E-state index contributed by atoms with van der Waals surface area (Å²) in [6.07, 6.45) is 4.88. The second kappa shape index (κ2) is 8.68. The van der Waals surface area contributed by atoms with E-state index in [1.807, 2.05) is 19.9 Å². The van der Waals surface area contributed by atoms with Crippen LogP contribution in [0.1, 0.15) is 34.9 Å². The Morgan fingerprint density at radius 2 is 1.97 bits per heavy atom. The van der Waals surface area contributed by atoms with Gasteiger partial charge in [0, 0.05) is 41.7 Å². The fourth-order valence-electron chi connectivity index (χ4n) is 3.79. The quantitative estimate of drug-likeness (QED) is 0.359. The summed E-state index contributed by atoms with van der Waals surface area (Å²) in [5.41, 5.74) is 2.71. The highest BCUT2D eigenvalue weighted by Crippen LogP contribution is 2.48. The van der Waals surface area contributed by atoms with E-state index in [0.717, 1.165) is 46.3 Å². The van der Waals surface area contributed by atoms with Crippen LogP contribution in [0.15, 0.2) is 35.4 Å². The topological polar surface area (TPSA) is 117 Å². The third-order valence-corrected chi connectivity index (χ3v) is 7.73. The molecule has 0 spiro atoms. The number of nitrogens with zero attached hydrogens (tertiary/aromatic N) is 5. The smallest absolute Gasteiger partial charge is 0.232 e. The van der Waals surface area contributed by atoms with Crippen LogP contribution in [0.25, 0.3) is 10.7 Å². The minimum Gasteiger partial charge on any atom is -0.323 e. The molecule has 0 radical (unpaired) electrons. The highest BCUT2D eigenvalue weighted by molar-refractivity contribution is 7.90. The van der Waals surface area contributed by atoms with Crippen LogP contribution in [-0.4, -0.2) is 46.9 Å². The van der Waals surface area contributed by atoms with E-state index in [2.05, 4.69) is 20.5 Å². The first-order valence-electron chi connectivity index (χ1n) is 11.0. The van der Waals surface area contributed by atoms with E-state index in [0.29, 0.717) is 23.2 Å². The molecule has 35 heavy (non-hydrogen) atoms. The van der Waals surface area contributed by atoms with Crippen molar-refractivity contribution in [2.24, 2.45) is 0 Å². The molecule has 0 unspecified atom stereocenters. The number of thiazole rings is 1. The number of aromatic amines is 1. The molecule has 0 amide bonds. The molecule has 1 saturated carbocycles. The fourth-order valence-corrected chi connectivity index (χ4v) is 5.19. The van der Waals surface area contributed by atoms with Crippen LogP contribution in [0.2, 0.25) is 0 Å². The van der Waals surface area contributed by atoms with E-state index in [1.54, 1.807) is 13.2 Å². The number of aryl methyl sites for hydroxylation is 2. The number of benzene rings is 1. The molecule has 4 aromatic rings. The third kappa shape index (κ3) is 4.76. The number of hydrogen-bond donors (Lipinski definition) is 2. The zero-order chi connectivity index (χ0) is 24.9. The van der Waals surface area contributed by atoms with Crippen molar-refractivity contribution in [3.63, 3.8) is 0 Å². The van der Waals surface area contributed by atoms with Crippen LogP contribution >= 0.6 is 11.3 Å². The monoisotopic (exact) mass is 513 g/mol. The lowest BCUT2D eigenvalue weighted by molar-refractivity contribution is 0.596. The molecule has 0 saturated heterocycles. The summed E-state index contributed by atoms with van der Waals surface area (Å²) in [7, 11) is -1.89. The van der Waals surface area contributed by atoms with E-state index >= 15 is 4.39 Å². The Kier molecular flexibility index (Phi) is 5.80. The first-order valence-corrected chi connectivity index (χ1v) is 13.7. The standard InChI is InChI=1S/C23H24FN7O2S2/c1-12-9-18(30-29-12)26-21-19(14-5-6-14)20(22-25-11-13(2)34-22)27-23(28-21)31(3)17-8-7-15(10-16(17)24)35(4,32)33/h7-11,14H,5-6H2,1-4H3,(H2,26,27,28,29,30). The summed E-state index contributed by atoms with van der Waals surface area (Å²) < 4.78 is 38.7. The first-order chi connectivity index (χ1) is 16.6. The van der Waals surface area contributed by atoms with Crippen molar-refractivity contribution >= 4 is 44.4 Å². The average molecular weight is 514 g/mol. The van der Waals surface area contributed by atoms with E-state index in [9.17, 15) is 8.42 Å². The van der Waals surface area contributed by atoms with E-state index in [1.165, 1.54) is 28.4 Å². The van der Waals surface area contributed by atoms with Crippen LogP contribution in [0.4, 0.5) is 27.7 Å². The Morgan fingerprint density at radius 1 is 1.20 bits per heavy atom. The van der Waals surface area contributed by atoms with Gasteiger partial charge in [-0.2, -0.15) is 10.1 Å². The summed E-state index contributed by atoms with van der Waals surface area (Å²) in [4.78, 5) is 16.6. The maximum atomic E-state index is 15.0. The van der Waals surface area contributed by atoms with Crippen molar-refractivity contribution in [3.05, 3.63) is 52.4 Å². The molecule has 1 aliphatic rings. The van der Waals surface area contributed by atoms with Crippen LogP contribution < -0.4 is 10.2 Å². The van der Waals surface area contributed by atoms with Gasteiger partial charge >= 0.3 is 0 Å². The van der Waals surface area contributed by atoms with Crippen molar-refractivity contribution in [2.75, 3.05) is 23.5 Å². The van der Waals surface area contributed by atoms with Gasteiger partial charge in [0.2, 0.25) is 5.95 Å². The summed E-state index contributed by atoms with van der Waals surface area (Å²) >= 11 is 1.53. The van der Waals surface area contributed by atoms with Gasteiger partial charge < -0.3 is 10.2 Å². The molecule has 9 nitrogen and oxygen atoms in total. The highest BCUT2D eigenvalue weighted by atomic mass is 32.2. The number of aromatic nitrogens is 5. The highest BCUT2D eigenvalue weighted by Gasteiger charge is 2.33. The minimum absolute atomic E-state index is 0.0904. The van der Waals surface area contributed by atoms with Crippen LogP contribution in [0.5, 0.6) is 0 Å². The predicted molar refractivity (Wildman–Crippen MR) is 134 cm³/mol. The molecule has 5 rings (SSSR count). The van der Waals surface area contributed by atoms with Gasteiger partial charge in [0.05, 0.1) is 10.6 Å². The lowest BCUT2D eigenvalue weighted by Gasteiger charge is -2.21. The lowest BCUT2D eigenvalue weighted by Crippen LogP contribution is -2.17. The number of hydrogen-bond acceptors (Lipinski definition) is 9. The third-order valence-electron chi connectivity index (χ3n) is 5.70. The Labute approximate surface area is 206 Å². The van der Waals surface area contributed by atoms with E-state index in [-0.39, 0.29) is 16.5 Å². The second-order valence-electron chi connectivity index (χ2n) is 8.69. The molecular formula is C23H24FN7O2S2. The number of halogens is 1. The fraction of sp³-hybridized carbons (Fsp3) is 0.304. The van der Waals surface area contributed by atoms with Gasteiger partial charge in [0.15, 0.2) is 15.7 Å². The summed E-state index contributed by atoms with van der Waals surface area (Å²) in [6, 6.07) is 5.68. The van der Waals surface area contributed by atoms with Crippen molar-refractivity contribution in [1.29, 1.82) is 0 Å². The Morgan fingerprint density at radius 3 is 2.54 bits per heavy atom. The Hall–Kier alpha value is -3.38. The zero-order valence-electron chi connectivity index (χ0n) is 19.6. The molecule has 1 fully saturated rings. The van der Waals surface area contributed by atoms with Gasteiger partial charge in [0.1, 0.15) is 22.3 Å². The molecule has 3 heterocycles. The molecule has 182 valence electrons. The zero-order valence-corrected chi connectivity index (χ0v) is 21.3. The minimum atomic E-state index is -3.54. The number of sulfone groups is 1. The van der Waals surface area contributed by atoms with Crippen molar-refractivity contribution < 1.29 is 12.8 Å². The first kappa shape index (κ1) is 23.4. The summed E-state index contributed by atoms with van der Waals surface area (Å²) in [6.45, 7) is 3.89. The van der Waals surface area contributed by atoms with Gasteiger partial charge in [-0.25, -0.2) is 22.8 Å². The van der Waals surface area contributed by atoms with Gasteiger partial charge in [-0.05, 0) is 50.8 Å². The van der Waals surface area contributed by atoms with Gasteiger partial charge in [-0.3, -0.25) is 5.10 Å². The molecule has 0 bridgehead atoms. The predicted octanol–water partition coefficient (Wildman–Crippen LogP) is 4.87. The number of nitrogens with one attached hydrogen (secondary N) is 2. The van der Waals surface area contributed by atoms with Gasteiger partial charge in [-0.1, -0.05) is 0 Å². The molecule has 12 heteroatoms. The molecule has 3 aromatic heterocycles. The van der Waals surface area contributed by atoms with E-state index < -0.39 is 15.7 Å². The van der Waals surface area contributed by atoms with Crippen LogP contribution in [0.3, 0.4) is 0 Å². The van der Waals surface area contributed by atoms with Gasteiger partial charge in [-0.15, -0.1) is 11.3 Å². The Balaban J connectivity index is 1.65. The van der Waals surface area contributed by atoms with Gasteiger partial charge in [0.25, 0.3) is 0 Å². The van der Waals surface area contributed by atoms with Crippen LogP contribution in [0, 0.1) is 19.7 Å². The summed E-state index contributed by atoms with van der Waals surface area (Å²) in [5, 5.41) is 11.3. The van der Waals surface area contributed by atoms with Crippen molar-refractivity contribution in [2.45, 2.75) is 37.5 Å². The molecule has 1 aliphatic carbocycles. The number of H-pyrrole nitrogens is 1. The normalized spacial score (nSPS) is 13.7.